The van der Waals surface area contributed by atoms with Crippen LogP contribution in [0.25, 0.3) is 0 Å². The van der Waals surface area contributed by atoms with Crippen molar-refractivity contribution in [3.63, 3.8) is 0 Å². The Balaban J connectivity index is 1.88. The Morgan fingerprint density at radius 3 is 2.54 bits per heavy atom. The number of hydrogen-bond donors (Lipinski definition) is 3. The first kappa shape index (κ1) is 16.3. The van der Waals surface area contributed by atoms with Crippen LogP contribution in [0.3, 0.4) is 0 Å². The van der Waals surface area contributed by atoms with Gasteiger partial charge in [0.1, 0.15) is 17.8 Å². The van der Waals surface area contributed by atoms with Gasteiger partial charge in [-0.1, -0.05) is 24.3 Å². The number of carbonyl (C=O) groups excluding carboxylic acids is 1. The van der Waals surface area contributed by atoms with Crippen LogP contribution in [0.2, 0.25) is 0 Å². The van der Waals surface area contributed by atoms with Crippen molar-refractivity contribution < 1.29 is 23.4 Å². The Morgan fingerprint density at radius 2 is 1.92 bits per heavy atom. The number of aldehydes is 1. The van der Waals surface area contributed by atoms with Gasteiger partial charge in [-0.2, -0.15) is 13.1 Å². The van der Waals surface area contributed by atoms with Crippen molar-refractivity contribution in [1.29, 1.82) is 0 Å². The van der Waals surface area contributed by atoms with Gasteiger partial charge in [-0.25, -0.2) is 0 Å². The molecule has 7 nitrogen and oxygen atoms in total. The highest BCUT2D eigenvalue weighted by atomic mass is 32.2. The number of aromatic hydroxyl groups is 2. The molecular weight excluding hydrogens is 332 g/mol. The Hall–Kier alpha value is -2.58. The van der Waals surface area contributed by atoms with Crippen LogP contribution in [-0.2, 0) is 21.4 Å². The minimum absolute atomic E-state index is 0.0712. The van der Waals surface area contributed by atoms with Gasteiger partial charge in [0.15, 0.2) is 0 Å². The summed E-state index contributed by atoms with van der Waals surface area (Å²) in [5, 5.41) is 20.0. The summed E-state index contributed by atoms with van der Waals surface area (Å²) in [6.45, 7) is -0.0712. The Bertz CT molecular complexity index is 882. The normalized spacial score (nSPS) is 19.3. The summed E-state index contributed by atoms with van der Waals surface area (Å²) in [4.78, 5) is 10.8. The van der Waals surface area contributed by atoms with Crippen LogP contribution in [0.1, 0.15) is 11.1 Å². The number of nitrogens with zero attached hydrogens (tertiary/aromatic N) is 1. The molecular formula is C16H16N2O5S. The molecule has 0 bridgehead atoms. The minimum Gasteiger partial charge on any atom is -0.508 e. The average Bonchev–Trinajstić information content (AvgIpc) is 2.85. The topological polar surface area (TPSA) is 107 Å². The van der Waals surface area contributed by atoms with E-state index in [4.69, 9.17) is 0 Å². The first-order valence-electron chi connectivity index (χ1n) is 7.25. The van der Waals surface area contributed by atoms with E-state index in [0.717, 1.165) is 4.31 Å². The fourth-order valence-electron chi connectivity index (χ4n) is 2.64. The van der Waals surface area contributed by atoms with Crippen LogP contribution >= 0.6 is 0 Å². The van der Waals surface area contributed by atoms with Crippen molar-refractivity contribution in [2.75, 3.05) is 10.8 Å². The number of benzene rings is 2. The second-order valence-electron chi connectivity index (χ2n) is 5.53. The Labute approximate surface area is 139 Å². The quantitative estimate of drug-likeness (QED) is 0.712. The van der Waals surface area contributed by atoms with Gasteiger partial charge in [0, 0.05) is 6.42 Å². The number of phenols is 2. The molecule has 0 spiro atoms. The van der Waals surface area contributed by atoms with Gasteiger partial charge in [-0.05, 0) is 29.3 Å². The van der Waals surface area contributed by atoms with Crippen molar-refractivity contribution in [1.82, 2.24) is 4.72 Å². The maximum absolute atomic E-state index is 12.0. The first-order chi connectivity index (χ1) is 11.4. The van der Waals surface area contributed by atoms with Gasteiger partial charge in [-0.15, -0.1) is 0 Å². The van der Waals surface area contributed by atoms with E-state index in [9.17, 15) is 23.4 Å². The van der Waals surface area contributed by atoms with E-state index in [0.29, 0.717) is 23.8 Å². The zero-order valence-corrected chi connectivity index (χ0v) is 13.4. The van der Waals surface area contributed by atoms with Crippen LogP contribution in [0.15, 0.2) is 42.5 Å². The SMILES string of the molecule is O=CC1CN(c2ccc(Cc3ccccc3O)cc2O)S(=O)(=O)N1. The monoisotopic (exact) mass is 348 g/mol. The second-order valence-corrected chi connectivity index (χ2v) is 7.15. The number of phenolic OH excluding ortho intramolecular Hbond substituents is 2. The molecule has 1 fully saturated rings. The summed E-state index contributed by atoms with van der Waals surface area (Å²) in [7, 11) is -3.85. The summed E-state index contributed by atoms with van der Waals surface area (Å²) >= 11 is 0. The van der Waals surface area contributed by atoms with Gasteiger partial charge in [0.25, 0.3) is 0 Å². The molecule has 1 saturated heterocycles. The van der Waals surface area contributed by atoms with E-state index in [1.807, 2.05) is 0 Å². The van der Waals surface area contributed by atoms with E-state index in [2.05, 4.69) is 4.72 Å². The van der Waals surface area contributed by atoms with Gasteiger partial charge in [0.05, 0.1) is 18.3 Å². The standard InChI is InChI=1S/C16H16N2O5S/c19-10-13-9-18(24(22,23)17-13)14-6-5-11(8-16(14)21)7-12-3-1-2-4-15(12)20/h1-6,8,10,13,17,20-21H,7,9H2. The van der Waals surface area contributed by atoms with E-state index in [1.165, 1.54) is 12.1 Å². The number of hydrogen-bond acceptors (Lipinski definition) is 5. The highest BCUT2D eigenvalue weighted by Crippen LogP contribution is 2.33. The number of rotatable bonds is 4. The highest BCUT2D eigenvalue weighted by Gasteiger charge is 2.36. The molecule has 8 heteroatoms. The van der Waals surface area contributed by atoms with Crippen molar-refractivity contribution in [3.05, 3.63) is 53.6 Å². The van der Waals surface area contributed by atoms with Crippen molar-refractivity contribution in [3.8, 4) is 11.5 Å². The van der Waals surface area contributed by atoms with Crippen LogP contribution in [0.4, 0.5) is 5.69 Å². The molecule has 126 valence electrons. The smallest absolute Gasteiger partial charge is 0.302 e. The summed E-state index contributed by atoms with van der Waals surface area (Å²) in [6, 6.07) is 10.6. The minimum atomic E-state index is -3.85. The maximum Gasteiger partial charge on any atom is 0.302 e. The zero-order valence-electron chi connectivity index (χ0n) is 12.6. The van der Waals surface area contributed by atoms with Crippen LogP contribution in [-0.4, -0.2) is 37.5 Å². The first-order valence-corrected chi connectivity index (χ1v) is 8.69. The summed E-state index contributed by atoms with van der Waals surface area (Å²) in [5.74, 6) is -0.0546. The number of para-hydroxylation sites is 1. The molecule has 1 atom stereocenters. The fourth-order valence-corrected chi connectivity index (χ4v) is 4.05. The lowest BCUT2D eigenvalue weighted by molar-refractivity contribution is -0.108. The molecule has 1 heterocycles. The molecule has 2 aromatic rings. The van der Waals surface area contributed by atoms with E-state index in [1.54, 1.807) is 30.3 Å². The van der Waals surface area contributed by atoms with Gasteiger partial charge >= 0.3 is 10.2 Å². The number of nitrogens with one attached hydrogen (secondary N) is 1. The predicted octanol–water partition coefficient (Wildman–Crippen LogP) is 0.911. The van der Waals surface area contributed by atoms with Crippen LogP contribution in [0.5, 0.6) is 11.5 Å². The third-order valence-electron chi connectivity index (χ3n) is 3.81. The van der Waals surface area contributed by atoms with E-state index >= 15 is 0 Å². The third kappa shape index (κ3) is 3.06. The van der Waals surface area contributed by atoms with Crippen molar-refractivity contribution >= 4 is 22.2 Å². The third-order valence-corrected chi connectivity index (χ3v) is 5.34. The lowest BCUT2D eigenvalue weighted by Crippen LogP contribution is -2.30. The largest absolute Gasteiger partial charge is 0.508 e. The lowest BCUT2D eigenvalue weighted by Gasteiger charge is -2.18. The molecule has 24 heavy (non-hydrogen) atoms. The Morgan fingerprint density at radius 1 is 1.17 bits per heavy atom. The molecule has 0 radical (unpaired) electrons. The average molecular weight is 348 g/mol. The number of carbonyl (C=O) groups is 1. The Kier molecular flexibility index (Phi) is 4.16. The van der Waals surface area contributed by atoms with Gasteiger partial charge in [0.2, 0.25) is 0 Å². The fraction of sp³-hybridized carbons (Fsp3) is 0.188. The van der Waals surface area contributed by atoms with Crippen LogP contribution < -0.4 is 9.03 Å². The molecule has 1 aliphatic heterocycles. The predicted molar refractivity (Wildman–Crippen MR) is 88.3 cm³/mol. The van der Waals surface area contributed by atoms with E-state index < -0.39 is 16.3 Å². The summed E-state index contributed by atoms with van der Waals surface area (Å²) < 4.78 is 27.2. The molecule has 0 saturated carbocycles. The molecule has 0 aromatic heterocycles. The maximum atomic E-state index is 12.0. The molecule has 2 aromatic carbocycles. The molecule has 0 amide bonds. The number of anilines is 1. The lowest BCUT2D eigenvalue weighted by atomic mass is 10.0. The van der Waals surface area contributed by atoms with Gasteiger partial charge < -0.3 is 15.0 Å². The van der Waals surface area contributed by atoms with Gasteiger partial charge in [-0.3, -0.25) is 4.31 Å². The highest BCUT2D eigenvalue weighted by molar-refractivity contribution is 7.91. The van der Waals surface area contributed by atoms with E-state index in [-0.39, 0.29) is 23.7 Å². The molecule has 1 unspecified atom stereocenters. The van der Waals surface area contributed by atoms with Crippen LogP contribution in [0, 0.1) is 0 Å². The zero-order chi connectivity index (χ0) is 17.3. The summed E-state index contributed by atoms with van der Waals surface area (Å²) in [6.07, 6.45) is 0.906. The molecule has 3 N–H and O–H groups in total. The second kappa shape index (κ2) is 6.14. The molecule has 3 rings (SSSR count). The van der Waals surface area contributed by atoms with Crippen molar-refractivity contribution in [2.45, 2.75) is 12.5 Å². The summed E-state index contributed by atoms with van der Waals surface area (Å²) in [5.41, 5.74) is 1.52. The molecule has 1 aliphatic rings. The molecule has 0 aliphatic carbocycles. The van der Waals surface area contributed by atoms with Crippen molar-refractivity contribution in [2.24, 2.45) is 0 Å².